The van der Waals surface area contributed by atoms with Crippen LogP contribution in [-0.2, 0) is 9.53 Å². The number of hydrogen-bond donors (Lipinski definition) is 1. The van der Waals surface area contributed by atoms with Crippen molar-refractivity contribution in [1.29, 1.82) is 5.26 Å². The van der Waals surface area contributed by atoms with Crippen LogP contribution in [0.15, 0.2) is 36.0 Å². The number of nitriles is 1. The van der Waals surface area contributed by atoms with Gasteiger partial charge in [0.2, 0.25) is 0 Å². The topological polar surface area (TPSA) is 71.4 Å². The van der Waals surface area contributed by atoms with Gasteiger partial charge in [0.05, 0.1) is 13.7 Å². The SMILES string of the molecule is CCOC(=O)/C(C#N)=C/Nc1ccc(OC)cc1. The van der Waals surface area contributed by atoms with Gasteiger partial charge in [-0.3, -0.25) is 0 Å². The summed E-state index contributed by atoms with van der Waals surface area (Å²) in [7, 11) is 1.58. The predicted molar refractivity (Wildman–Crippen MR) is 66.9 cm³/mol. The Kier molecular flexibility index (Phi) is 5.26. The molecule has 0 aliphatic heterocycles. The fraction of sp³-hybridized carbons (Fsp3) is 0.231. The van der Waals surface area contributed by atoms with Crippen LogP contribution in [0.2, 0.25) is 0 Å². The molecule has 18 heavy (non-hydrogen) atoms. The number of methoxy groups -OCH3 is 1. The smallest absolute Gasteiger partial charge is 0.350 e. The minimum absolute atomic E-state index is 0.0762. The summed E-state index contributed by atoms with van der Waals surface area (Å²) in [6.07, 6.45) is 1.32. The molecule has 0 amide bonds. The van der Waals surface area contributed by atoms with Crippen LogP contribution < -0.4 is 10.1 Å². The third-order valence-corrected chi connectivity index (χ3v) is 2.09. The molecule has 5 heteroatoms. The monoisotopic (exact) mass is 246 g/mol. The molecular formula is C13H14N2O3. The fourth-order valence-electron chi connectivity index (χ4n) is 1.19. The normalized spacial score (nSPS) is 10.4. The predicted octanol–water partition coefficient (Wildman–Crippen LogP) is 2.08. The van der Waals surface area contributed by atoms with Crippen LogP contribution in [0, 0.1) is 11.3 Å². The van der Waals surface area contributed by atoms with E-state index >= 15 is 0 Å². The van der Waals surface area contributed by atoms with Crippen molar-refractivity contribution in [2.24, 2.45) is 0 Å². The maximum Gasteiger partial charge on any atom is 0.350 e. The Morgan fingerprint density at radius 3 is 2.61 bits per heavy atom. The van der Waals surface area contributed by atoms with Crippen LogP contribution in [0.5, 0.6) is 5.75 Å². The first kappa shape index (κ1) is 13.6. The van der Waals surface area contributed by atoms with Crippen LogP contribution in [0.3, 0.4) is 0 Å². The molecule has 0 spiro atoms. The Labute approximate surface area is 106 Å². The molecule has 0 fully saturated rings. The van der Waals surface area contributed by atoms with Crippen LogP contribution in [0.25, 0.3) is 0 Å². The number of ether oxygens (including phenoxy) is 2. The molecular weight excluding hydrogens is 232 g/mol. The lowest BCUT2D eigenvalue weighted by Crippen LogP contribution is -2.07. The van der Waals surface area contributed by atoms with Crippen molar-refractivity contribution in [1.82, 2.24) is 0 Å². The van der Waals surface area contributed by atoms with E-state index in [2.05, 4.69) is 5.32 Å². The summed E-state index contributed by atoms with van der Waals surface area (Å²) in [5.74, 6) is 0.0939. The van der Waals surface area contributed by atoms with Gasteiger partial charge in [-0.2, -0.15) is 5.26 Å². The van der Waals surface area contributed by atoms with E-state index in [-0.39, 0.29) is 12.2 Å². The number of nitrogens with one attached hydrogen (secondary N) is 1. The molecule has 0 aromatic heterocycles. The second-order valence-electron chi connectivity index (χ2n) is 3.26. The molecule has 1 N–H and O–H groups in total. The average molecular weight is 246 g/mol. The average Bonchev–Trinajstić information content (AvgIpc) is 2.40. The molecule has 0 saturated carbocycles. The lowest BCUT2D eigenvalue weighted by molar-refractivity contribution is -0.138. The summed E-state index contributed by atoms with van der Waals surface area (Å²) in [4.78, 5) is 11.3. The zero-order valence-electron chi connectivity index (χ0n) is 10.3. The lowest BCUT2D eigenvalue weighted by atomic mass is 10.3. The van der Waals surface area contributed by atoms with Gasteiger partial charge in [0.15, 0.2) is 5.57 Å². The highest BCUT2D eigenvalue weighted by molar-refractivity contribution is 5.93. The number of rotatable bonds is 5. The molecule has 0 atom stereocenters. The second-order valence-corrected chi connectivity index (χ2v) is 3.26. The molecule has 0 aliphatic carbocycles. The van der Waals surface area contributed by atoms with Crippen molar-refractivity contribution >= 4 is 11.7 Å². The first-order valence-electron chi connectivity index (χ1n) is 5.39. The van der Waals surface area contributed by atoms with E-state index < -0.39 is 5.97 Å². The maximum atomic E-state index is 11.3. The number of hydrogen-bond acceptors (Lipinski definition) is 5. The van der Waals surface area contributed by atoms with Gasteiger partial charge in [-0.15, -0.1) is 0 Å². The molecule has 5 nitrogen and oxygen atoms in total. The second kappa shape index (κ2) is 6.97. The Morgan fingerprint density at radius 1 is 1.44 bits per heavy atom. The van der Waals surface area contributed by atoms with Gasteiger partial charge in [0.25, 0.3) is 0 Å². The van der Waals surface area contributed by atoms with Gasteiger partial charge in [0, 0.05) is 11.9 Å². The van der Waals surface area contributed by atoms with E-state index in [4.69, 9.17) is 14.7 Å². The summed E-state index contributed by atoms with van der Waals surface area (Å²) in [6, 6.07) is 8.87. The number of carbonyl (C=O) groups excluding carboxylic acids is 1. The van der Waals surface area contributed by atoms with Gasteiger partial charge in [-0.25, -0.2) is 4.79 Å². The van der Waals surface area contributed by atoms with Crippen LogP contribution in [0.4, 0.5) is 5.69 Å². The van der Waals surface area contributed by atoms with Crippen molar-refractivity contribution < 1.29 is 14.3 Å². The van der Waals surface area contributed by atoms with Gasteiger partial charge in [-0.1, -0.05) is 0 Å². The standard InChI is InChI=1S/C13H14N2O3/c1-3-18-13(16)10(8-14)9-15-11-4-6-12(17-2)7-5-11/h4-7,9,15H,3H2,1-2H3/b10-9+. The minimum Gasteiger partial charge on any atom is -0.497 e. The van der Waals surface area contributed by atoms with Crippen LogP contribution in [0.1, 0.15) is 6.92 Å². The quantitative estimate of drug-likeness (QED) is 0.489. The third kappa shape index (κ3) is 3.83. The number of anilines is 1. The Morgan fingerprint density at radius 2 is 2.11 bits per heavy atom. The van der Waals surface area contributed by atoms with E-state index in [9.17, 15) is 4.79 Å². The van der Waals surface area contributed by atoms with Gasteiger partial charge in [-0.05, 0) is 31.2 Å². The molecule has 0 saturated heterocycles. The minimum atomic E-state index is -0.638. The molecule has 0 bridgehead atoms. The van der Waals surface area contributed by atoms with Crippen LogP contribution in [-0.4, -0.2) is 19.7 Å². The van der Waals surface area contributed by atoms with Crippen molar-refractivity contribution in [3.8, 4) is 11.8 Å². The highest BCUT2D eigenvalue weighted by Gasteiger charge is 2.08. The van der Waals surface area contributed by atoms with E-state index in [0.717, 1.165) is 11.4 Å². The highest BCUT2D eigenvalue weighted by Crippen LogP contribution is 2.15. The largest absolute Gasteiger partial charge is 0.497 e. The molecule has 1 aromatic rings. The molecule has 0 radical (unpaired) electrons. The van der Waals surface area contributed by atoms with E-state index in [1.165, 1.54) is 6.20 Å². The summed E-state index contributed by atoms with van der Waals surface area (Å²) in [5, 5.41) is 11.6. The van der Waals surface area contributed by atoms with Gasteiger partial charge >= 0.3 is 5.97 Å². The first-order valence-corrected chi connectivity index (χ1v) is 5.39. The summed E-state index contributed by atoms with van der Waals surface area (Å²) >= 11 is 0. The summed E-state index contributed by atoms with van der Waals surface area (Å²) in [6.45, 7) is 1.92. The molecule has 0 heterocycles. The van der Waals surface area contributed by atoms with Gasteiger partial charge < -0.3 is 14.8 Å². The summed E-state index contributed by atoms with van der Waals surface area (Å²) < 4.78 is 9.75. The van der Waals surface area contributed by atoms with Crippen molar-refractivity contribution in [2.45, 2.75) is 6.92 Å². The van der Waals surface area contributed by atoms with Crippen molar-refractivity contribution in [3.63, 3.8) is 0 Å². The molecule has 1 rings (SSSR count). The zero-order valence-corrected chi connectivity index (χ0v) is 10.3. The zero-order chi connectivity index (χ0) is 13.4. The Balaban J connectivity index is 2.71. The van der Waals surface area contributed by atoms with E-state index in [0.29, 0.717) is 0 Å². The Hall–Kier alpha value is -2.48. The molecule has 1 aromatic carbocycles. The van der Waals surface area contributed by atoms with Gasteiger partial charge in [0.1, 0.15) is 11.8 Å². The maximum absolute atomic E-state index is 11.3. The van der Waals surface area contributed by atoms with Crippen molar-refractivity contribution in [2.75, 3.05) is 19.0 Å². The number of benzene rings is 1. The number of esters is 1. The molecule has 94 valence electrons. The Bertz CT molecular complexity index is 472. The van der Waals surface area contributed by atoms with E-state index in [1.54, 1.807) is 44.4 Å². The summed E-state index contributed by atoms with van der Waals surface area (Å²) in [5.41, 5.74) is 0.667. The molecule has 0 unspecified atom stereocenters. The fourth-order valence-corrected chi connectivity index (χ4v) is 1.19. The third-order valence-electron chi connectivity index (χ3n) is 2.09. The first-order chi connectivity index (χ1) is 8.71. The van der Waals surface area contributed by atoms with Crippen LogP contribution >= 0.6 is 0 Å². The lowest BCUT2D eigenvalue weighted by Gasteiger charge is -2.04. The van der Waals surface area contributed by atoms with E-state index in [1.807, 2.05) is 0 Å². The number of carbonyl (C=O) groups is 1. The van der Waals surface area contributed by atoms with Crippen molar-refractivity contribution in [3.05, 3.63) is 36.0 Å². The number of nitrogens with zero attached hydrogens (tertiary/aromatic N) is 1. The highest BCUT2D eigenvalue weighted by atomic mass is 16.5. The molecule has 0 aliphatic rings.